The summed E-state index contributed by atoms with van der Waals surface area (Å²) in [5.74, 6) is 1.33. The Labute approximate surface area is 120 Å². The second-order valence-corrected chi connectivity index (χ2v) is 4.98. The minimum absolute atomic E-state index is 0.178. The molecule has 0 spiro atoms. The van der Waals surface area contributed by atoms with Crippen LogP contribution in [0.2, 0.25) is 0 Å². The number of hydrogen-bond donors (Lipinski definition) is 1. The number of ether oxygens (including phenoxy) is 1. The molecule has 0 aliphatic carbocycles. The Morgan fingerprint density at radius 2 is 2.21 bits per heavy atom. The van der Waals surface area contributed by atoms with Gasteiger partial charge in [0.2, 0.25) is 0 Å². The molecule has 0 atom stereocenters. The highest BCUT2D eigenvalue weighted by Gasteiger charge is 2.07. The summed E-state index contributed by atoms with van der Waals surface area (Å²) in [5.41, 5.74) is 1.32. The fourth-order valence-electron chi connectivity index (χ4n) is 1.66. The van der Waals surface area contributed by atoms with Crippen molar-refractivity contribution in [3.8, 4) is 17.1 Å². The van der Waals surface area contributed by atoms with Crippen molar-refractivity contribution in [1.82, 2.24) is 9.97 Å². The van der Waals surface area contributed by atoms with E-state index in [9.17, 15) is 4.79 Å². The second kappa shape index (κ2) is 6.02. The maximum Gasteiger partial charge on any atom is 0.265 e. The molecule has 0 saturated carbocycles. The van der Waals surface area contributed by atoms with E-state index in [2.05, 4.69) is 32.8 Å². The van der Waals surface area contributed by atoms with Crippen molar-refractivity contribution in [2.24, 2.45) is 0 Å². The number of aryl methyl sites for hydroxylation is 1. The zero-order valence-electron chi connectivity index (χ0n) is 10.9. The number of benzene rings is 1. The molecule has 1 N–H and O–H groups in total. The third-order valence-corrected chi connectivity index (χ3v) is 3.54. The van der Waals surface area contributed by atoms with Crippen LogP contribution in [0.5, 0.6) is 5.75 Å². The van der Waals surface area contributed by atoms with Crippen molar-refractivity contribution in [2.45, 2.75) is 20.3 Å². The molecule has 5 heteroatoms. The Morgan fingerprint density at radius 3 is 2.89 bits per heavy atom. The van der Waals surface area contributed by atoms with Crippen LogP contribution in [0.15, 0.2) is 33.5 Å². The summed E-state index contributed by atoms with van der Waals surface area (Å²) < 4.78 is 6.04. The highest BCUT2D eigenvalue weighted by Crippen LogP contribution is 2.21. The smallest absolute Gasteiger partial charge is 0.265 e. The Hall–Kier alpha value is -1.62. The van der Waals surface area contributed by atoms with Gasteiger partial charge >= 0.3 is 0 Å². The van der Waals surface area contributed by atoms with E-state index >= 15 is 0 Å². The molecule has 0 amide bonds. The van der Waals surface area contributed by atoms with Crippen LogP contribution in [-0.2, 0) is 0 Å². The van der Waals surface area contributed by atoms with Gasteiger partial charge < -0.3 is 9.72 Å². The number of H-pyrrole nitrogens is 1. The summed E-state index contributed by atoms with van der Waals surface area (Å²) in [7, 11) is 0. The van der Waals surface area contributed by atoms with E-state index in [0.29, 0.717) is 22.6 Å². The van der Waals surface area contributed by atoms with Crippen LogP contribution in [0.1, 0.15) is 19.0 Å². The zero-order valence-corrected chi connectivity index (χ0v) is 12.5. The lowest BCUT2D eigenvalue weighted by atomic mass is 10.2. The van der Waals surface area contributed by atoms with Crippen molar-refractivity contribution < 1.29 is 4.74 Å². The lowest BCUT2D eigenvalue weighted by molar-refractivity contribution is 0.317. The zero-order chi connectivity index (χ0) is 13.8. The Kier molecular flexibility index (Phi) is 4.37. The normalized spacial score (nSPS) is 10.5. The first-order valence-electron chi connectivity index (χ1n) is 6.11. The van der Waals surface area contributed by atoms with E-state index in [0.717, 1.165) is 17.7 Å². The first-order chi connectivity index (χ1) is 9.11. The number of hydrogen-bond acceptors (Lipinski definition) is 3. The van der Waals surface area contributed by atoms with Crippen molar-refractivity contribution in [3.05, 3.63) is 44.8 Å². The first-order valence-corrected chi connectivity index (χ1v) is 6.90. The highest BCUT2D eigenvalue weighted by atomic mass is 79.9. The van der Waals surface area contributed by atoms with Gasteiger partial charge in [-0.25, -0.2) is 4.98 Å². The molecular weight excluding hydrogens is 308 g/mol. The molecule has 2 rings (SSSR count). The van der Waals surface area contributed by atoms with Gasteiger partial charge in [-0.2, -0.15) is 0 Å². The maximum absolute atomic E-state index is 11.7. The Morgan fingerprint density at radius 1 is 1.42 bits per heavy atom. The Bertz CT molecular complexity index is 638. The standard InChI is InChI=1S/C14H15BrN2O2/c1-3-7-19-11-6-4-5-10(8-11)13-16-9(2)12(15)14(18)17-13/h4-6,8H,3,7H2,1-2H3,(H,16,17,18). The molecule has 1 aromatic carbocycles. The van der Waals surface area contributed by atoms with E-state index < -0.39 is 0 Å². The molecular formula is C14H15BrN2O2. The van der Waals surface area contributed by atoms with E-state index in [4.69, 9.17) is 4.74 Å². The second-order valence-electron chi connectivity index (χ2n) is 4.19. The molecule has 0 radical (unpaired) electrons. The summed E-state index contributed by atoms with van der Waals surface area (Å²) in [6.45, 7) is 4.52. The number of aromatic amines is 1. The first kappa shape index (κ1) is 13.8. The van der Waals surface area contributed by atoms with Crippen LogP contribution in [0.25, 0.3) is 11.4 Å². The predicted molar refractivity (Wildman–Crippen MR) is 78.5 cm³/mol. The lowest BCUT2D eigenvalue weighted by Crippen LogP contribution is -2.11. The summed E-state index contributed by atoms with van der Waals surface area (Å²) in [5, 5.41) is 0. The van der Waals surface area contributed by atoms with Gasteiger partial charge in [-0.15, -0.1) is 0 Å². The molecule has 0 unspecified atom stereocenters. The minimum Gasteiger partial charge on any atom is -0.494 e. The van der Waals surface area contributed by atoms with E-state index in [1.54, 1.807) is 6.92 Å². The number of halogens is 1. The van der Waals surface area contributed by atoms with Gasteiger partial charge in [-0.1, -0.05) is 19.1 Å². The topological polar surface area (TPSA) is 55.0 Å². The molecule has 0 aliphatic rings. The van der Waals surface area contributed by atoms with Gasteiger partial charge in [0, 0.05) is 5.56 Å². The van der Waals surface area contributed by atoms with Gasteiger partial charge in [-0.05, 0) is 41.4 Å². The Balaban J connectivity index is 2.39. The van der Waals surface area contributed by atoms with Crippen molar-refractivity contribution >= 4 is 15.9 Å². The van der Waals surface area contributed by atoms with E-state index in [-0.39, 0.29) is 5.56 Å². The highest BCUT2D eigenvalue weighted by molar-refractivity contribution is 9.10. The third kappa shape index (κ3) is 3.23. The van der Waals surface area contributed by atoms with Crippen molar-refractivity contribution in [1.29, 1.82) is 0 Å². The van der Waals surface area contributed by atoms with Gasteiger partial charge in [0.25, 0.3) is 5.56 Å². The van der Waals surface area contributed by atoms with Gasteiger partial charge in [0.05, 0.1) is 12.3 Å². The average Bonchev–Trinajstić information content (AvgIpc) is 2.42. The third-order valence-electron chi connectivity index (χ3n) is 2.61. The summed E-state index contributed by atoms with van der Waals surface area (Å²) in [6.07, 6.45) is 0.955. The van der Waals surface area contributed by atoms with Crippen LogP contribution in [-0.4, -0.2) is 16.6 Å². The van der Waals surface area contributed by atoms with Crippen LogP contribution in [0, 0.1) is 6.92 Å². The summed E-state index contributed by atoms with van der Waals surface area (Å²) in [4.78, 5) is 18.8. The molecule has 1 aromatic heterocycles. The molecule has 0 fully saturated rings. The molecule has 19 heavy (non-hydrogen) atoms. The molecule has 0 bridgehead atoms. The molecule has 4 nitrogen and oxygen atoms in total. The number of rotatable bonds is 4. The van der Waals surface area contributed by atoms with E-state index in [1.165, 1.54) is 0 Å². The van der Waals surface area contributed by atoms with Gasteiger partial charge in [-0.3, -0.25) is 4.79 Å². The largest absolute Gasteiger partial charge is 0.494 e. The SMILES string of the molecule is CCCOc1cccc(-c2nc(C)c(Br)c(=O)[nH]2)c1. The van der Waals surface area contributed by atoms with E-state index in [1.807, 2.05) is 24.3 Å². The molecule has 1 heterocycles. The summed E-state index contributed by atoms with van der Waals surface area (Å²) in [6, 6.07) is 7.55. The van der Waals surface area contributed by atoms with Crippen LogP contribution in [0.3, 0.4) is 0 Å². The van der Waals surface area contributed by atoms with Gasteiger partial charge in [0.15, 0.2) is 0 Å². The van der Waals surface area contributed by atoms with Gasteiger partial charge in [0.1, 0.15) is 16.0 Å². The van der Waals surface area contributed by atoms with Crippen molar-refractivity contribution in [2.75, 3.05) is 6.61 Å². The fraction of sp³-hybridized carbons (Fsp3) is 0.286. The molecule has 0 aliphatic heterocycles. The predicted octanol–water partition coefficient (Wildman–Crippen LogP) is 3.30. The molecule has 0 saturated heterocycles. The molecule has 100 valence electrons. The quantitative estimate of drug-likeness (QED) is 0.939. The van der Waals surface area contributed by atoms with Crippen LogP contribution in [0.4, 0.5) is 0 Å². The maximum atomic E-state index is 11.7. The summed E-state index contributed by atoms with van der Waals surface area (Å²) >= 11 is 3.20. The minimum atomic E-state index is -0.178. The lowest BCUT2D eigenvalue weighted by Gasteiger charge is -2.07. The average molecular weight is 323 g/mol. The number of nitrogens with one attached hydrogen (secondary N) is 1. The number of aromatic nitrogens is 2. The number of nitrogens with zero attached hydrogens (tertiary/aromatic N) is 1. The van der Waals surface area contributed by atoms with Crippen LogP contribution >= 0.6 is 15.9 Å². The van der Waals surface area contributed by atoms with Crippen LogP contribution < -0.4 is 10.3 Å². The molecule has 2 aromatic rings. The fourth-order valence-corrected chi connectivity index (χ4v) is 1.85. The monoisotopic (exact) mass is 322 g/mol. The van der Waals surface area contributed by atoms with Crippen molar-refractivity contribution in [3.63, 3.8) is 0 Å².